The van der Waals surface area contributed by atoms with E-state index in [1.165, 1.54) is 0 Å². The van der Waals surface area contributed by atoms with Gasteiger partial charge in [0.2, 0.25) is 17.7 Å². The van der Waals surface area contributed by atoms with E-state index in [0.717, 1.165) is 44.6 Å². The number of benzene rings is 1. The Morgan fingerprint density at radius 2 is 1.88 bits per heavy atom. The van der Waals surface area contributed by atoms with Crippen LogP contribution in [0.5, 0.6) is 5.88 Å². The highest BCUT2D eigenvalue weighted by Crippen LogP contribution is 2.42. The maximum absolute atomic E-state index is 15.8. The van der Waals surface area contributed by atoms with Crippen LogP contribution >= 0.6 is 23.2 Å². The van der Waals surface area contributed by atoms with Crippen LogP contribution in [0.15, 0.2) is 54.9 Å². The Morgan fingerprint density at radius 1 is 1.06 bits per heavy atom. The summed E-state index contributed by atoms with van der Waals surface area (Å²) in [5.41, 5.74) is 4.19. The van der Waals surface area contributed by atoms with E-state index in [2.05, 4.69) is 30.8 Å². The van der Waals surface area contributed by atoms with E-state index in [-0.39, 0.29) is 29.1 Å². The van der Waals surface area contributed by atoms with Gasteiger partial charge in [-0.1, -0.05) is 41.4 Å². The van der Waals surface area contributed by atoms with Crippen molar-refractivity contribution in [3.8, 4) is 28.4 Å². The first-order chi connectivity index (χ1) is 24.6. The number of hydrogen-bond donors (Lipinski definition) is 3. The number of carbonyl (C=O) groups excluding carboxylic acids is 2. The van der Waals surface area contributed by atoms with Gasteiger partial charge in [0.25, 0.3) is 0 Å². The highest BCUT2D eigenvalue weighted by atomic mass is 35.5. The van der Waals surface area contributed by atoms with Crippen molar-refractivity contribution in [2.75, 3.05) is 45.2 Å². The number of carbonyl (C=O) groups is 2. The Morgan fingerprint density at radius 3 is 2.63 bits per heavy atom. The lowest BCUT2D eigenvalue weighted by molar-refractivity contribution is -0.129. The molecule has 3 aliphatic rings. The van der Waals surface area contributed by atoms with E-state index in [1.807, 2.05) is 17.0 Å². The summed E-state index contributed by atoms with van der Waals surface area (Å²) in [6, 6.07) is 12.7. The van der Waals surface area contributed by atoms with Crippen molar-refractivity contribution in [2.24, 2.45) is 5.41 Å². The second kappa shape index (κ2) is 14.7. The van der Waals surface area contributed by atoms with E-state index in [9.17, 15) is 9.59 Å². The van der Waals surface area contributed by atoms with Gasteiger partial charge in [-0.25, -0.2) is 14.4 Å². The van der Waals surface area contributed by atoms with Gasteiger partial charge in [-0.05, 0) is 37.1 Å². The summed E-state index contributed by atoms with van der Waals surface area (Å²) in [6.45, 7) is 6.43. The van der Waals surface area contributed by atoms with Crippen LogP contribution in [0, 0.1) is 11.2 Å². The average Bonchev–Trinajstić information content (AvgIpc) is 3.74. The molecular weight excluding hydrogens is 694 g/mol. The number of aromatic nitrogens is 3. The first-order valence-corrected chi connectivity index (χ1v) is 17.7. The Kier molecular flexibility index (Phi) is 10.1. The van der Waals surface area contributed by atoms with Gasteiger partial charge < -0.3 is 25.6 Å². The van der Waals surface area contributed by atoms with Crippen LogP contribution in [-0.2, 0) is 22.7 Å². The van der Waals surface area contributed by atoms with Crippen LogP contribution in [0.2, 0.25) is 10.0 Å². The van der Waals surface area contributed by atoms with Crippen LogP contribution in [0.25, 0.3) is 22.5 Å². The van der Waals surface area contributed by atoms with Crippen LogP contribution in [-0.4, -0.2) is 82.4 Å². The van der Waals surface area contributed by atoms with Crippen molar-refractivity contribution in [3.63, 3.8) is 0 Å². The van der Waals surface area contributed by atoms with E-state index in [0.29, 0.717) is 75.7 Å². The Balaban J connectivity index is 1.05. The highest BCUT2D eigenvalue weighted by molar-refractivity contribution is 6.39. The van der Waals surface area contributed by atoms with E-state index in [1.54, 1.807) is 56.8 Å². The first kappa shape index (κ1) is 35.1. The summed E-state index contributed by atoms with van der Waals surface area (Å²) in [6.07, 6.45) is 5.57. The number of methoxy groups -OCH3 is 1. The number of nitrogens with one attached hydrogen (secondary N) is 3. The minimum Gasteiger partial charge on any atom is -0.481 e. The number of likely N-dealkylation sites (tertiary alicyclic amines) is 2. The van der Waals surface area contributed by atoms with E-state index < -0.39 is 5.82 Å². The second-order valence-corrected chi connectivity index (χ2v) is 14.3. The lowest BCUT2D eigenvalue weighted by Gasteiger charge is -2.48. The molecule has 3 aromatic heterocycles. The normalized spacial score (nSPS) is 18.2. The Labute approximate surface area is 305 Å². The number of hydrogen-bond acceptors (Lipinski definition) is 9. The predicted octanol–water partition coefficient (Wildman–Crippen LogP) is 5.83. The van der Waals surface area contributed by atoms with Gasteiger partial charge in [0.1, 0.15) is 0 Å². The fraction of sp³-hybridized carbons (Fsp3) is 0.378. The molecule has 266 valence electrons. The summed E-state index contributed by atoms with van der Waals surface area (Å²) in [7, 11) is 1.57. The fourth-order valence-corrected chi connectivity index (χ4v) is 7.89. The van der Waals surface area contributed by atoms with Gasteiger partial charge in [0.15, 0.2) is 11.6 Å². The zero-order chi connectivity index (χ0) is 35.7. The van der Waals surface area contributed by atoms with Gasteiger partial charge in [0, 0.05) is 105 Å². The lowest BCUT2D eigenvalue weighted by atomic mass is 9.79. The molecule has 0 radical (unpaired) electrons. The highest BCUT2D eigenvalue weighted by Gasteiger charge is 2.48. The van der Waals surface area contributed by atoms with Crippen molar-refractivity contribution in [2.45, 2.75) is 45.3 Å². The van der Waals surface area contributed by atoms with Crippen LogP contribution < -0.4 is 20.7 Å². The third-order valence-electron chi connectivity index (χ3n) is 9.96. The van der Waals surface area contributed by atoms with E-state index >= 15 is 4.39 Å². The fourth-order valence-electron chi connectivity index (χ4n) is 7.32. The van der Waals surface area contributed by atoms with Crippen LogP contribution in [0.1, 0.15) is 37.3 Å². The Bertz CT molecular complexity index is 1970. The second-order valence-electron chi connectivity index (χ2n) is 13.6. The molecule has 11 nitrogen and oxygen atoms in total. The largest absolute Gasteiger partial charge is 0.481 e. The van der Waals surface area contributed by atoms with Gasteiger partial charge in [0.05, 0.1) is 34.2 Å². The molecule has 3 saturated heterocycles. The molecule has 0 unspecified atom stereocenters. The molecule has 3 N–H and O–H groups in total. The molecule has 1 spiro atoms. The molecule has 51 heavy (non-hydrogen) atoms. The number of ether oxygens (including phenoxy) is 1. The molecule has 7 rings (SSSR count). The summed E-state index contributed by atoms with van der Waals surface area (Å²) < 4.78 is 21.4. The topological polar surface area (TPSA) is 125 Å². The van der Waals surface area contributed by atoms with Crippen LogP contribution in [0.4, 0.5) is 15.9 Å². The monoisotopic (exact) mass is 732 g/mol. The number of rotatable bonds is 11. The van der Waals surface area contributed by atoms with Crippen molar-refractivity contribution in [1.29, 1.82) is 0 Å². The quantitative estimate of drug-likeness (QED) is 0.175. The van der Waals surface area contributed by atoms with Crippen LogP contribution in [0.3, 0.4) is 0 Å². The number of anilines is 2. The molecular formula is C37H39Cl2FN8O3. The molecule has 3 aliphatic heterocycles. The van der Waals surface area contributed by atoms with Crippen molar-refractivity contribution in [3.05, 3.63) is 81.8 Å². The van der Waals surface area contributed by atoms with Gasteiger partial charge in [-0.15, -0.1) is 0 Å². The molecule has 14 heteroatoms. The summed E-state index contributed by atoms with van der Waals surface area (Å²) in [4.78, 5) is 41.0. The lowest BCUT2D eigenvalue weighted by Crippen LogP contribution is -2.57. The smallest absolute Gasteiger partial charge is 0.220 e. The predicted molar refractivity (Wildman–Crippen MR) is 194 cm³/mol. The summed E-state index contributed by atoms with van der Waals surface area (Å²) in [5.74, 6) is 0.268. The van der Waals surface area contributed by atoms with E-state index in [4.69, 9.17) is 32.9 Å². The summed E-state index contributed by atoms with van der Waals surface area (Å²) >= 11 is 13.9. The zero-order valence-electron chi connectivity index (χ0n) is 28.4. The average molecular weight is 734 g/mol. The molecule has 6 heterocycles. The third kappa shape index (κ3) is 7.36. The first-order valence-electron chi connectivity index (χ1n) is 17.0. The molecule has 1 aromatic carbocycles. The SMILES string of the molecule is COc1nc(-c2ccnc(-c3cccc(Nc4nccc(CN5CC6(CCN(C(C)=O)C6)C5)c4F)c3Cl)c2Cl)ccc1CNC[C@@H]1CCC(=O)N1. The number of nitrogens with zero attached hydrogens (tertiary/aromatic N) is 5. The molecule has 0 saturated carbocycles. The minimum absolute atomic E-state index is 0.0667. The standard InChI is InChI=1S/C37H39Cl2FN8O3/c1-22(49)48-15-12-37(21-48)19-47(20-37)18-24-10-13-43-35(33(24)40)45-29-5-3-4-27(31(29)38)34-32(39)26(11-14-42-34)28-8-6-23(36(46-28)51-2)16-41-17-25-7-9-30(50)44-25/h3-6,8,10-11,13-14,25,41H,7,9,12,15-21H2,1-2H3,(H,43,45)(H,44,50)/t25-/m0/s1. The van der Waals surface area contributed by atoms with Crippen molar-refractivity contribution in [1.82, 2.24) is 35.4 Å². The van der Waals surface area contributed by atoms with Gasteiger partial charge in [-0.2, -0.15) is 0 Å². The number of amides is 2. The molecule has 4 aromatic rings. The van der Waals surface area contributed by atoms with Gasteiger partial charge in [-0.3, -0.25) is 19.5 Å². The molecule has 1 atom stereocenters. The molecule has 0 bridgehead atoms. The zero-order valence-corrected chi connectivity index (χ0v) is 30.0. The maximum Gasteiger partial charge on any atom is 0.220 e. The number of halogens is 3. The summed E-state index contributed by atoms with van der Waals surface area (Å²) in [5, 5.41) is 10.1. The molecule has 3 fully saturated rings. The van der Waals surface area contributed by atoms with Gasteiger partial charge >= 0.3 is 0 Å². The molecule has 2 amide bonds. The minimum atomic E-state index is -0.446. The third-order valence-corrected chi connectivity index (χ3v) is 10.8. The Hall–Kier alpha value is -4.36. The maximum atomic E-state index is 15.8. The van der Waals surface area contributed by atoms with Crippen molar-refractivity contribution < 1.29 is 18.7 Å². The van der Waals surface area contributed by atoms with Crippen molar-refractivity contribution >= 4 is 46.5 Å². The number of pyridine rings is 3. The molecule has 0 aliphatic carbocycles.